The van der Waals surface area contributed by atoms with Gasteiger partial charge < -0.3 is 9.47 Å². The molecule has 2 heterocycles. The molecular formula is C13H17NO4S. The first-order valence-corrected chi connectivity index (χ1v) is 8.06. The van der Waals surface area contributed by atoms with Crippen LogP contribution in [0.1, 0.15) is 24.5 Å². The van der Waals surface area contributed by atoms with Crippen LogP contribution in [0.2, 0.25) is 0 Å². The molecule has 0 saturated carbocycles. The molecule has 1 aromatic rings. The maximum atomic E-state index is 12.5. The van der Waals surface area contributed by atoms with Gasteiger partial charge >= 0.3 is 0 Å². The summed E-state index contributed by atoms with van der Waals surface area (Å²) in [5.74, 6) is 1.22. The van der Waals surface area contributed by atoms with Crippen LogP contribution in [0.15, 0.2) is 11.0 Å². The summed E-state index contributed by atoms with van der Waals surface area (Å²) in [5.41, 5.74) is 1.68. The van der Waals surface area contributed by atoms with Crippen molar-refractivity contribution in [3.63, 3.8) is 0 Å². The molecule has 104 valence electrons. The van der Waals surface area contributed by atoms with Gasteiger partial charge in [-0.05, 0) is 12.5 Å². The molecule has 0 aliphatic carbocycles. The Morgan fingerprint density at radius 2 is 2.05 bits per heavy atom. The van der Waals surface area contributed by atoms with Gasteiger partial charge in [0.1, 0.15) is 16.4 Å². The summed E-state index contributed by atoms with van der Waals surface area (Å²) >= 11 is 0. The van der Waals surface area contributed by atoms with Crippen molar-refractivity contribution in [2.24, 2.45) is 0 Å². The summed E-state index contributed by atoms with van der Waals surface area (Å²) in [5, 5.41) is 0. The van der Waals surface area contributed by atoms with Crippen LogP contribution in [-0.2, 0) is 22.9 Å². The third-order valence-corrected chi connectivity index (χ3v) is 4.97. The minimum absolute atomic E-state index is 0.295. The van der Waals surface area contributed by atoms with Gasteiger partial charge in [0, 0.05) is 30.5 Å². The quantitative estimate of drug-likeness (QED) is 0.903. The number of fused-ring (bicyclic) bond motifs is 2. The maximum absolute atomic E-state index is 12.5. The minimum atomic E-state index is -3.53. The number of benzene rings is 1. The third-order valence-electron chi connectivity index (χ3n) is 3.41. The number of rotatable bonds is 4. The van der Waals surface area contributed by atoms with Gasteiger partial charge in [0.15, 0.2) is 0 Å². The van der Waals surface area contributed by atoms with E-state index in [-0.39, 0.29) is 0 Å². The van der Waals surface area contributed by atoms with Crippen LogP contribution in [-0.4, -0.2) is 28.2 Å². The molecule has 2 aliphatic rings. The maximum Gasteiger partial charge on any atom is 0.244 e. The highest BCUT2D eigenvalue weighted by Gasteiger charge is 2.33. The molecule has 0 amide bonds. The lowest BCUT2D eigenvalue weighted by molar-refractivity contribution is 0.347. The molecule has 3 rings (SSSR count). The topological polar surface area (TPSA) is 64.6 Å². The highest BCUT2D eigenvalue weighted by molar-refractivity contribution is 7.89. The van der Waals surface area contributed by atoms with Gasteiger partial charge in [-0.15, -0.1) is 0 Å². The number of sulfonamides is 1. The van der Waals surface area contributed by atoms with Crippen LogP contribution < -0.4 is 14.2 Å². The second kappa shape index (κ2) is 4.68. The molecule has 0 atom stereocenters. The molecule has 0 aromatic heterocycles. The molecule has 1 aromatic carbocycles. The van der Waals surface area contributed by atoms with Crippen LogP contribution in [0, 0.1) is 0 Å². The lowest BCUT2D eigenvalue weighted by Crippen LogP contribution is -2.25. The predicted molar refractivity (Wildman–Crippen MR) is 70.3 cm³/mol. The van der Waals surface area contributed by atoms with E-state index in [1.54, 1.807) is 0 Å². The van der Waals surface area contributed by atoms with Crippen molar-refractivity contribution >= 4 is 10.0 Å². The van der Waals surface area contributed by atoms with E-state index in [4.69, 9.17) is 9.47 Å². The van der Waals surface area contributed by atoms with E-state index in [0.29, 0.717) is 42.6 Å². The average Bonchev–Trinajstić information content (AvgIpc) is 3.00. The summed E-state index contributed by atoms with van der Waals surface area (Å²) in [4.78, 5) is 0.295. The zero-order valence-corrected chi connectivity index (χ0v) is 11.7. The predicted octanol–water partition coefficient (Wildman–Crippen LogP) is 1.24. The summed E-state index contributed by atoms with van der Waals surface area (Å²) in [7, 11) is -3.53. The molecule has 5 nitrogen and oxygen atoms in total. The van der Waals surface area contributed by atoms with Gasteiger partial charge in [0.25, 0.3) is 0 Å². The van der Waals surface area contributed by atoms with E-state index in [9.17, 15) is 8.42 Å². The van der Waals surface area contributed by atoms with Gasteiger partial charge in [-0.2, -0.15) is 0 Å². The molecule has 19 heavy (non-hydrogen) atoms. The highest BCUT2D eigenvalue weighted by Crippen LogP contribution is 2.42. The Hall–Kier alpha value is -1.27. The van der Waals surface area contributed by atoms with Crippen molar-refractivity contribution in [2.45, 2.75) is 31.1 Å². The lowest BCUT2D eigenvalue weighted by atomic mass is 10.1. The molecule has 6 heteroatoms. The van der Waals surface area contributed by atoms with E-state index < -0.39 is 10.0 Å². The Morgan fingerprint density at radius 1 is 1.26 bits per heavy atom. The summed E-state index contributed by atoms with van der Waals surface area (Å²) in [6, 6.07) is 1.92. The van der Waals surface area contributed by atoms with E-state index in [2.05, 4.69) is 4.72 Å². The second-order valence-electron chi connectivity index (χ2n) is 4.77. The van der Waals surface area contributed by atoms with Crippen LogP contribution in [0.4, 0.5) is 0 Å². The zero-order chi connectivity index (χ0) is 13.5. The Bertz CT molecular complexity index is 577. The standard InChI is InChI=1S/C13H17NO4S/c1-2-5-14-19(15,16)13-10-4-7-17-11(10)8-9-3-6-18-12(9)13/h8,14H,2-7H2,1H3. The fourth-order valence-corrected chi connectivity index (χ4v) is 4.11. The van der Waals surface area contributed by atoms with Gasteiger partial charge in [-0.3, -0.25) is 0 Å². The van der Waals surface area contributed by atoms with Crippen molar-refractivity contribution in [3.05, 3.63) is 17.2 Å². The Labute approximate surface area is 113 Å². The van der Waals surface area contributed by atoms with Gasteiger partial charge in [-0.25, -0.2) is 13.1 Å². The van der Waals surface area contributed by atoms with Crippen LogP contribution in [0.3, 0.4) is 0 Å². The van der Waals surface area contributed by atoms with E-state index in [0.717, 1.165) is 24.0 Å². The minimum Gasteiger partial charge on any atom is -0.493 e. The molecule has 0 bridgehead atoms. The lowest BCUT2D eigenvalue weighted by Gasteiger charge is -2.13. The zero-order valence-electron chi connectivity index (χ0n) is 10.9. The Balaban J connectivity index is 2.15. The van der Waals surface area contributed by atoms with E-state index >= 15 is 0 Å². The largest absolute Gasteiger partial charge is 0.493 e. The molecule has 0 unspecified atom stereocenters. The number of hydrogen-bond donors (Lipinski definition) is 1. The fourth-order valence-electron chi connectivity index (χ4n) is 2.53. The first kappa shape index (κ1) is 12.7. The smallest absolute Gasteiger partial charge is 0.244 e. The van der Waals surface area contributed by atoms with Crippen molar-refractivity contribution in [2.75, 3.05) is 19.8 Å². The monoisotopic (exact) mass is 283 g/mol. The van der Waals surface area contributed by atoms with Gasteiger partial charge in [0.05, 0.1) is 13.2 Å². The van der Waals surface area contributed by atoms with Gasteiger partial charge in [0.2, 0.25) is 10.0 Å². The Morgan fingerprint density at radius 3 is 2.84 bits per heavy atom. The summed E-state index contributed by atoms with van der Waals surface area (Å²) < 4.78 is 38.6. The first-order valence-electron chi connectivity index (χ1n) is 6.57. The molecule has 0 fully saturated rings. The van der Waals surface area contributed by atoms with Crippen molar-refractivity contribution < 1.29 is 17.9 Å². The highest BCUT2D eigenvalue weighted by atomic mass is 32.2. The number of hydrogen-bond acceptors (Lipinski definition) is 4. The van der Waals surface area contributed by atoms with Crippen molar-refractivity contribution in [1.29, 1.82) is 0 Å². The second-order valence-corrected chi connectivity index (χ2v) is 6.47. The van der Waals surface area contributed by atoms with Gasteiger partial charge in [-0.1, -0.05) is 6.92 Å². The van der Waals surface area contributed by atoms with E-state index in [1.807, 2.05) is 13.0 Å². The molecule has 0 spiro atoms. The van der Waals surface area contributed by atoms with Crippen LogP contribution >= 0.6 is 0 Å². The number of ether oxygens (including phenoxy) is 2. The fraction of sp³-hybridized carbons (Fsp3) is 0.538. The molecular weight excluding hydrogens is 266 g/mol. The van der Waals surface area contributed by atoms with Crippen molar-refractivity contribution in [3.8, 4) is 11.5 Å². The van der Waals surface area contributed by atoms with Crippen molar-refractivity contribution in [1.82, 2.24) is 4.72 Å². The number of nitrogens with one attached hydrogen (secondary N) is 1. The summed E-state index contributed by atoms with van der Waals surface area (Å²) in [6.45, 7) is 3.44. The molecule has 1 N–H and O–H groups in total. The van der Waals surface area contributed by atoms with Crippen LogP contribution in [0.5, 0.6) is 11.5 Å². The first-order chi connectivity index (χ1) is 9.13. The SMILES string of the molecule is CCCNS(=O)(=O)c1c2c(cc3c1OCC3)OCC2. The average molecular weight is 283 g/mol. The molecule has 0 saturated heterocycles. The Kier molecular flexibility index (Phi) is 3.14. The van der Waals surface area contributed by atoms with E-state index in [1.165, 1.54) is 0 Å². The van der Waals surface area contributed by atoms with Crippen LogP contribution in [0.25, 0.3) is 0 Å². The molecule has 2 aliphatic heterocycles. The molecule has 0 radical (unpaired) electrons. The summed E-state index contributed by atoms with van der Waals surface area (Å²) in [6.07, 6.45) is 2.12. The normalized spacial score (nSPS) is 16.7. The third kappa shape index (κ3) is 2.08.